The second-order valence-electron chi connectivity index (χ2n) is 7.69. The van der Waals surface area contributed by atoms with Gasteiger partial charge in [0.2, 0.25) is 0 Å². The van der Waals surface area contributed by atoms with Gasteiger partial charge >= 0.3 is 0 Å². The SMILES string of the molecule is CC[C@@H](C)c1ccccc1O[C@H](C)CNc1cccc(OCCOc2ccccc2)c1. The van der Waals surface area contributed by atoms with Crippen molar-refractivity contribution in [3.8, 4) is 17.2 Å². The number of rotatable bonds is 12. The summed E-state index contributed by atoms with van der Waals surface area (Å²) in [5.41, 5.74) is 2.28. The maximum atomic E-state index is 6.23. The van der Waals surface area contributed by atoms with Crippen LogP contribution < -0.4 is 19.5 Å². The Morgan fingerprint density at radius 1 is 0.774 bits per heavy atom. The zero-order valence-corrected chi connectivity index (χ0v) is 18.7. The first-order valence-electron chi connectivity index (χ1n) is 11.1. The highest BCUT2D eigenvalue weighted by Crippen LogP contribution is 2.29. The minimum absolute atomic E-state index is 0.0362. The molecule has 0 aromatic heterocycles. The van der Waals surface area contributed by atoms with E-state index >= 15 is 0 Å². The van der Waals surface area contributed by atoms with Gasteiger partial charge in [-0.15, -0.1) is 0 Å². The average Bonchev–Trinajstić information content (AvgIpc) is 2.81. The fourth-order valence-electron chi connectivity index (χ4n) is 3.27. The van der Waals surface area contributed by atoms with Crippen molar-refractivity contribution in [2.24, 2.45) is 0 Å². The Morgan fingerprint density at radius 2 is 1.45 bits per heavy atom. The molecule has 0 spiro atoms. The molecule has 1 N–H and O–H groups in total. The van der Waals surface area contributed by atoms with E-state index in [1.165, 1.54) is 5.56 Å². The third-order valence-electron chi connectivity index (χ3n) is 5.18. The Balaban J connectivity index is 1.45. The van der Waals surface area contributed by atoms with Crippen molar-refractivity contribution >= 4 is 5.69 Å². The van der Waals surface area contributed by atoms with Crippen molar-refractivity contribution in [2.45, 2.75) is 39.2 Å². The number of ether oxygens (including phenoxy) is 3. The molecule has 164 valence electrons. The fraction of sp³-hybridized carbons (Fsp3) is 0.333. The van der Waals surface area contributed by atoms with Gasteiger partial charge in [0.25, 0.3) is 0 Å². The minimum Gasteiger partial charge on any atom is -0.490 e. The number of benzene rings is 3. The van der Waals surface area contributed by atoms with Crippen LogP contribution in [0.2, 0.25) is 0 Å². The normalized spacial score (nSPS) is 12.6. The van der Waals surface area contributed by atoms with Gasteiger partial charge in [-0.1, -0.05) is 56.3 Å². The van der Waals surface area contributed by atoms with Gasteiger partial charge in [-0.2, -0.15) is 0 Å². The van der Waals surface area contributed by atoms with E-state index in [1.807, 2.05) is 60.7 Å². The van der Waals surface area contributed by atoms with E-state index in [1.54, 1.807) is 0 Å². The standard InChI is InChI=1S/C27H33NO3/c1-4-21(2)26-15-8-9-16-27(26)31-22(3)20-28-23-11-10-14-25(19-23)30-18-17-29-24-12-6-5-7-13-24/h5-16,19,21-22,28H,4,17-18,20H2,1-3H3/t21-,22-/m1/s1. The van der Waals surface area contributed by atoms with Crippen molar-refractivity contribution in [3.63, 3.8) is 0 Å². The van der Waals surface area contributed by atoms with E-state index in [4.69, 9.17) is 14.2 Å². The minimum atomic E-state index is 0.0362. The molecular weight excluding hydrogens is 386 g/mol. The third kappa shape index (κ3) is 7.25. The van der Waals surface area contributed by atoms with Crippen molar-refractivity contribution < 1.29 is 14.2 Å². The molecule has 2 atom stereocenters. The third-order valence-corrected chi connectivity index (χ3v) is 5.18. The Morgan fingerprint density at radius 3 is 2.23 bits per heavy atom. The Labute approximate surface area is 186 Å². The highest BCUT2D eigenvalue weighted by atomic mass is 16.5. The molecule has 0 fully saturated rings. The van der Waals surface area contributed by atoms with Crippen LogP contribution in [0.15, 0.2) is 78.9 Å². The zero-order valence-electron chi connectivity index (χ0n) is 18.7. The number of hydrogen-bond donors (Lipinski definition) is 1. The summed E-state index contributed by atoms with van der Waals surface area (Å²) in [4.78, 5) is 0. The van der Waals surface area contributed by atoms with Crippen LogP contribution >= 0.6 is 0 Å². The summed E-state index contributed by atoms with van der Waals surface area (Å²) < 4.78 is 17.7. The lowest BCUT2D eigenvalue weighted by Crippen LogP contribution is -2.23. The molecule has 31 heavy (non-hydrogen) atoms. The zero-order chi connectivity index (χ0) is 21.9. The van der Waals surface area contributed by atoms with Crippen LogP contribution in [0.25, 0.3) is 0 Å². The number of anilines is 1. The van der Waals surface area contributed by atoms with E-state index < -0.39 is 0 Å². The molecule has 3 aromatic rings. The van der Waals surface area contributed by atoms with Crippen LogP contribution in [0.3, 0.4) is 0 Å². The van der Waals surface area contributed by atoms with E-state index in [9.17, 15) is 0 Å². The molecular formula is C27H33NO3. The topological polar surface area (TPSA) is 39.7 Å². The summed E-state index contributed by atoms with van der Waals surface area (Å²) in [6, 6.07) is 26.1. The van der Waals surface area contributed by atoms with Crippen molar-refractivity contribution in [1.82, 2.24) is 0 Å². The average molecular weight is 420 g/mol. The largest absolute Gasteiger partial charge is 0.490 e. The van der Waals surface area contributed by atoms with Crippen LogP contribution in [0.1, 0.15) is 38.7 Å². The second-order valence-corrected chi connectivity index (χ2v) is 7.69. The predicted molar refractivity (Wildman–Crippen MR) is 128 cm³/mol. The molecule has 4 nitrogen and oxygen atoms in total. The van der Waals surface area contributed by atoms with E-state index in [2.05, 4.69) is 44.3 Å². The smallest absolute Gasteiger partial charge is 0.123 e. The first-order valence-corrected chi connectivity index (χ1v) is 11.1. The lowest BCUT2D eigenvalue weighted by Gasteiger charge is -2.21. The van der Waals surface area contributed by atoms with Gasteiger partial charge in [-0.25, -0.2) is 0 Å². The summed E-state index contributed by atoms with van der Waals surface area (Å²) in [6.45, 7) is 8.22. The summed E-state index contributed by atoms with van der Waals surface area (Å²) in [5, 5.41) is 3.45. The molecule has 0 saturated carbocycles. The van der Waals surface area contributed by atoms with Crippen molar-refractivity contribution in [3.05, 3.63) is 84.4 Å². The molecule has 0 unspecified atom stereocenters. The number of nitrogens with one attached hydrogen (secondary N) is 1. The van der Waals surface area contributed by atoms with Gasteiger partial charge in [-0.05, 0) is 55.2 Å². The molecule has 3 rings (SSSR count). The summed E-state index contributed by atoms with van der Waals surface area (Å²) in [7, 11) is 0. The van der Waals surface area contributed by atoms with Gasteiger partial charge in [0.05, 0.1) is 6.54 Å². The maximum Gasteiger partial charge on any atom is 0.123 e. The van der Waals surface area contributed by atoms with Crippen LogP contribution in [0, 0.1) is 0 Å². The molecule has 3 aromatic carbocycles. The van der Waals surface area contributed by atoms with Crippen LogP contribution in [0.4, 0.5) is 5.69 Å². The van der Waals surface area contributed by atoms with Crippen LogP contribution in [-0.4, -0.2) is 25.9 Å². The molecule has 0 bridgehead atoms. The molecule has 0 aliphatic carbocycles. The lowest BCUT2D eigenvalue weighted by molar-refractivity contribution is 0.217. The first kappa shape index (κ1) is 22.5. The quantitative estimate of drug-likeness (QED) is 0.339. The van der Waals surface area contributed by atoms with E-state index in [0.29, 0.717) is 25.7 Å². The second kappa shape index (κ2) is 11.9. The number of para-hydroxylation sites is 2. The molecule has 0 aliphatic heterocycles. The molecule has 0 saturated heterocycles. The number of hydrogen-bond acceptors (Lipinski definition) is 4. The van der Waals surface area contributed by atoms with Crippen molar-refractivity contribution in [2.75, 3.05) is 25.1 Å². The molecule has 0 heterocycles. The summed E-state index contributed by atoms with van der Waals surface area (Å²) >= 11 is 0. The van der Waals surface area contributed by atoms with Gasteiger partial charge < -0.3 is 19.5 Å². The Kier molecular flexibility index (Phi) is 8.65. The van der Waals surface area contributed by atoms with Crippen molar-refractivity contribution in [1.29, 1.82) is 0 Å². The van der Waals surface area contributed by atoms with Gasteiger partial charge in [0.15, 0.2) is 0 Å². The predicted octanol–water partition coefficient (Wildman–Crippen LogP) is 6.54. The highest BCUT2D eigenvalue weighted by Gasteiger charge is 2.12. The lowest BCUT2D eigenvalue weighted by atomic mass is 9.98. The summed E-state index contributed by atoms with van der Waals surface area (Å²) in [5.74, 6) is 3.13. The Hall–Kier alpha value is -3.14. The maximum absolute atomic E-state index is 6.23. The van der Waals surface area contributed by atoms with Gasteiger partial charge in [0.1, 0.15) is 36.6 Å². The van der Waals surface area contributed by atoms with Gasteiger partial charge in [-0.3, -0.25) is 0 Å². The van der Waals surface area contributed by atoms with E-state index in [0.717, 1.165) is 29.4 Å². The molecule has 0 aliphatic rings. The van der Waals surface area contributed by atoms with Crippen LogP contribution in [0.5, 0.6) is 17.2 Å². The summed E-state index contributed by atoms with van der Waals surface area (Å²) in [6.07, 6.45) is 1.13. The molecule has 0 amide bonds. The van der Waals surface area contributed by atoms with E-state index in [-0.39, 0.29) is 6.10 Å². The molecule has 0 radical (unpaired) electrons. The fourth-order valence-corrected chi connectivity index (χ4v) is 3.27. The monoisotopic (exact) mass is 419 g/mol. The molecule has 4 heteroatoms. The Bertz CT molecular complexity index is 913. The van der Waals surface area contributed by atoms with Crippen LogP contribution in [-0.2, 0) is 0 Å². The first-order chi connectivity index (χ1) is 15.2. The highest BCUT2D eigenvalue weighted by molar-refractivity contribution is 5.48. The van der Waals surface area contributed by atoms with Gasteiger partial charge in [0, 0.05) is 11.8 Å².